The zero-order valence-corrected chi connectivity index (χ0v) is 15.7. The first kappa shape index (κ1) is 18.4. The smallest absolute Gasteiger partial charge is 0.321 e. The van der Waals surface area contributed by atoms with Crippen molar-refractivity contribution >= 4 is 28.5 Å². The molecule has 0 atom stereocenters. The maximum Gasteiger partial charge on any atom is 0.321 e. The molecule has 1 aromatic carbocycles. The third-order valence-electron chi connectivity index (χ3n) is 3.93. The number of aromatic nitrogens is 3. The number of carbonyl (C=O) groups excluding carboxylic acids is 2. The van der Waals surface area contributed by atoms with Gasteiger partial charge in [-0.05, 0) is 37.6 Å². The number of fused-ring (bicyclic) bond motifs is 1. The van der Waals surface area contributed by atoms with E-state index in [2.05, 4.69) is 25.8 Å². The van der Waals surface area contributed by atoms with E-state index in [0.717, 1.165) is 22.0 Å². The topological polar surface area (TPSA) is 103 Å². The predicted molar refractivity (Wildman–Crippen MR) is 105 cm³/mol. The van der Waals surface area contributed by atoms with Gasteiger partial charge < -0.3 is 15.5 Å². The van der Waals surface area contributed by atoms with Crippen LogP contribution in [0, 0.1) is 0 Å². The number of anilines is 1. The fourth-order valence-electron chi connectivity index (χ4n) is 2.60. The number of hydrogen-bond donors (Lipinski definition) is 3. The number of H-pyrrole nitrogens is 1. The number of aromatic amines is 1. The number of benzene rings is 1. The van der Waals surface area contributed by atoms with Crippen LogP contribution in [0.25, 0.3) is 22.0 Å². The summed E-state index contributed by atoms with van der Waals surface area (Å²) in [4.78, 5) is 29.8. The minimum Gasteiger partial charge on any atom is -0.348 e. The van der Waals surface area contributed by atoms with Crippen LogP contribution in [0.1, 0.15) is 24.3 Å². The molecule has 27 heavy (non-hydrogen) atoms. The Morgan fingerprint density at radius 2 is 1.89 bits per heavy atom. The van der Waals surface area contributed by atoms with Crippen LogP contribution in [0.4, 0.5) is 10.5 Å². The first-order chi connectivity index (χ1) is 12.8. The summed E-state index contributed by atoms with van der Waals surface area (Å²) in [5.41, 5.74) is 3.42. The lowest BCUT2D eigenvalue weighted by molar-refractivity contribution is 0.0939. The fraction of sp³-hybridized carbons (Fsp3) is 0.263. The number of rotatable bonds is 4. The Morgan fingerprint density at radius 1 is 1.11 bits per heavy atom. The molecule has 140 valence electrons. The van der Waals surface area contributed by atoms with Gasteiger partial charge in [0.15, 0.2) is 5.69 Å². The van der Waals surface area contributed by atoms with Gasteiger partial charge in [0.25, 0.3) is 5.91 Å². The van der Waals surface area contributed by atoms with Gasteiger partial charge in [0.2, 0.25) is 0 Å². The molecular formula is C19H22N6O2. The molecule has 3 rings (SSSR count). The molecule has 0 aliphatic carbocycles. The van der Waals surface area contributed by atoms with Gasteiger partial charge in [-0.3, -0.25) is 14.9 Å². The molecule has 2 heterocycles. The van der Waals surface area contributed by atoms with Crippen molar-refractivity contribution in [2.45, 2.75) is 19.9 Å². The largest absolute Gasteiger partial charge is 0.348 e. The number of carbonyl (C=O) groups is 2. The normalized spacial score (nSPS) is 10.9. The molecule has 0 saturated heterocycles. The van der Waals surface area contributed by atoms with E-state index in [1.165, 1.54) is 4.90 Å². The van der Waals surface area contributed by atoms with Crippen LogP contribution in [-0.2, 0) is 0 Å². The van der Waals surface area contributed by atoms with Crippen molar-refractivity contribution in [2.75, 3.05) is 19.4 Å². The molecule has 8 heteroatoms. The first-order valence-electron chi connectivity index (χ1n) is 8.58. The maximum atomic E-state index is 12.4. The fourth-order valence-corrected chi connectivity index (χ4v) is 2.60. The lowest BCUT2D eigenvalue weighted by atomic mass is 10.0. The minimum absolute atomic E-state index is 0.0219. The van der Waals surface area contributed by atoms with Crippen molar-refractivity contribution in [2.24, 2.45) is 0 Å². The average Bonchev–Trinajstić information content (AvgIpc) is 3.04. The molecule has 3 amide bonds. The van der Waals surface area contributed by atoms with E-state index in [4.69, 9.17) is 0 Å². The average molecular weight is 366 g/mol. The van der Waals surface area contributed by atoms with Crippen LogP contribution in [0.2, 0.25) is 0 Å². The van der Waals surface area contributed by atoms with Gasteiger partial charge in [0.1, 0.15) is 0 Å². The highest BCUT2D eigenvalue weighted by Crippen LogP contribution is 2.26. The molecule has 0 aliphatic heterocycles. The van der Waals surface area contributed by atoms with E-state index in [-0.39, 0.29) is 18.0 Å². The maximum absolute atomic E-state index is 12.4. The highest BCUT2D eigenvalue weighted by molar-refractivity contribution is 6.05. The third kappa shape index (κ3) is 4.05. The van der Waals surface area contributed by atoms with E-state index >= 15 is 0 Å². The molecule has 0 unspecified atom stereocenters. The van der Waals surface area contributed by atoms with Crippen molar-refractivity contribution in [1.82, 2.24) is 25.4 Å². The first-order valence-corrected chi connectivity index (χ1v) is 8.58. The van der Waals surface area contributed by atoms with Gasteiger partial charge in [0, 0.05) is 37.3 Å². The quantitative estimate of drug-likeness (QED) is 0.660. The summed E-state index contributed by atoms with van der Waals surface area (Å²) < 4.78 is 0. The van der Waals surface area contributed by atoms with E-state index in [1.807, 2.05) is 38.1 Å². The van der Waals surface area contributed by atoms with Gasteiger partial charge in [-0.1, -0.05) is 6.07 Å². The molecule has 0 fully saturated rings. The van der Waals surface area contributed by atoms with E-state index in [9.17, 15) is 9.59 Å². The number of nitrogens with zero attached hydrogens (tertiary/aromatic N) is 3. The van der Waals surface area contributed by atoms with Crippen molar-refractivity contribution in [3.8, 4) is 11.1 Å². The lowest BCUT2D eigenvalue weighted by Crippen LogP contribution is -2.30. The second kappa shape index (κ2) is 7.45. The Labute approximate surface area is 157 Å². The summed E-state index contributed by atoms with van der Waals surface area (Å²) in [5.74, 6) is -0.224. The number of urea groups is 1. The summed E-state index contributed by atoms with van der Waals surface area (Å²) in [6.07, 6.45) is 3.29. The Hall–Kier alpha value is -3.42. The number of pyridine rings is 1. The number of hydrogen-bond acceptors (Lipinski definition) is 4. The lowest BCUT2D eigenvalue weighted by Gasteiger charge is -2.12. The Bertz CT molecular complexity index is 993. The molecule has 2 aromatic heterocycles. The molecular weight excluding hydrogens is 344 g/mol. The second-order valence-corrected chi connectivity index (χ2v) is 6.75. The van der Waals surface area contributed by atoms with Crippen molar-refractivity contribution in [3.05, 3.63) is 42.4 Å². The molecule has 3 N–H and O–H groups in total. The van der Waals surface area contributed by atoms with Gasteiger partial charge in [-0.2, -0.15) is 5.10 Å². The number of nitrogens with one attached hydrogen (secondary N) is 3. The molecule has 0 radical (unpaired) electrons. The van der Waals surface area contributed by atoms with Gasteiger partial charge in [-0.25, -0.2) is 4.79 Å². The third-order valence-corrected chi connectivity index (χ3v) is 3.93. The summed E-state index contributed by atoms with van der Waals surface area (Å²) in [6, 6.07) is 7.31. The van der Waals surface area contributed by atoms with Crippen LogP contribution in [0.5, 0.6) is 0 Å². The van der Waals surface area contributed by atoms with E-state index in [1.54, 1.807) is 26.5 Å². The van der Waals surface area contributed by atoms with Crippen LogP contribution >= 0.6 is 0 Å². The molecule has 0 spiro atoms. The minimum atomic E-state index is -0.230. The van der Waals surface area contributed by atoms with Gasteiger partial charge in [0.05, 0.1) is 17.4 Å². The van der Waals surface area contributed by atoms with Gasteiger partial charge in [-0.15, -0.1) is 0 Å². The Kier molecular flexibility index (Phi) is 5.07. The van der Waals surface area contributed by atoms with Crippen molar-refractivity contribution in [1.29, 1.82) is 0 Å². The molecule has 0 aliphatic rings. The summed E-state index contributed by atoms with van der Waals surface area (Å²) in [7, 11) is 3.34. The predicted octanol–water partition coefficient (Wildman–Crippen LogP) is 2.86. The van der Waals surface area contributed by atoms with Crippen LogP contribution in [0.3, 0.4) is 0 Å². The van der Waals surface area contributed by atoms with Crippen molar-refractivity contribution < 1.29 is 9.59 Å². The van der Waals surface area contributed by atoms with E-state index < -0.39 is 0 Å². The highest BCUT2D eigenvalue weighted by Gasteiger charge is 2.16. The van der Waals surface area contributed by atoms with Crippen LogP contribution in [0.15, 0.2) is 36.7 Å². The monoisotopic (exact) mass is 366 g/mol. The summed E-state index contributed by atoms with van der Waals surface area (Å²) in [5, 5.41) is 13.4. The van der Waals surface area contributed by atoms with Gasteiger partial charge >= 0.3 is 6.03 Å². The number of amides is 3. The highest BCUT2D eigenvalue weighted by atomic mass is 16.2. The van der Waals surface area contributed by atoms with E-state index in [0.29, 0.717) is 11.4 Å². The molecule has 0 saturated carbocycles. The molecule has 0 bridgehead atoms. The summed E-state index contributed by atoms with van der Waals surface area (Å²) >= 11 is 0. The van der Waals surface area contributed by atoms with Crippen LogP contribution in [-0.4, -0.2) is 52.2 Å². The van der Waals surface area contributed by atoms with Crippen LogP contribution < -0.4 is 10.6 Å². The summed E-state index contributed by atoms with van der Waals surface area (Å²) in [6.45, 7) is 3.80. The zero-order chi connectivity index (χ0) is 19.6. The second-order valence-electron chi connectivity index (χ2n) is 6.75. The Balaban J connectivity index is 1.95. The zero-order valence-electron chi connectivity index (χ0n) is 15.7. The molecule has 3 aromatic rings. The molecule has 8 nitrogen and oxygen atoms in total. The Morgan fingerprint density at radius 3 is 2.59 bits per heavy atom. The SMILES string of the molecule is CC(C)NC(=O)c1n[nH]c2ccc(-c3cncc(NC(=O)N(C)C)c3)cc12. The van der Waals surface area contributed by atoms with Crippen molar-refractivity contribution in [3.63, 3.8) is 0 Å². The standard InChI is InChI=1S/C19H22N6O2/c1-11(2)21-18(26)17-15-8-12(5-6-16(15)23-24-17)13-7-14(10-20-9-13)22-19(27)25(3)4/h5-11H,1-4H3,(H,21,26)(H,22,27)(H,23,24).